The molecule has 0 atom stereocenters. The minimum atomic E-state index is -0.0590. The van der Waals surface area contributed by atoms with Crippen molar-refractivity contribution >= 4 is 0 Å². The quantitative estimate of drug-likeness (QED) is 0.603. The van der Waals surface area contributed by atoms with Crippen LogP contribution in [0.15, 0.2) is 42.5 Å². The largest absolute Gasteiger partial charge is 0.508 e. The SMILES string of the molecule is Oc1ccc(C#Cc2ccc(O)cc2O)cc1. The Morgan fingerprint density at radius 3 is 2.00 bits per heavy atom. The molecule has 0 bridgehead atoms. The maximum Gasteiger partial charge on any atom is 0.134 e. The summed E-state index contributed by atoms with van der Waals surface area (Å²) in [4.78, 5) is 0. The maximum absolute atomic E-state index is 9.51. The van der Waals surface area contributed by atoms with Crippen LogP contribution in [0.5, 0.6) is 17.2 Å². The molecular weight excluding hydrogens is 216 g/mol. The summed E-state index contributed by atoms with van der Waals surface area (Å²) >= 11 is 0. The smallest absolute Gasteiger partial charge is 0.134 e. The number of phenolic OH excluding ortho intramolecular Hbond substituents is 3. The van der Waals surface area contributed by atoms with E-state index in [0.29, 0.717) is 5.56 Å². The monoisotopic (exact) mass is 226 g/mol. The van der Waals surface area contributed by atoms with E-state index in [-0.39, 0.29) is 17.2 Å². The average Bonchev–Trinajstić information content (AvgIpc) is 2.30. The zero-order chi connectivity index (χ0) is 12.3. The second-order valence-corrected chi connectivity index (χ2v) is 3.50. The first kappa shape index (κ1) is 10.9. The number of hydrogen-bond acceptors (Lipinski definition) is 3. The lowest BCUT2D eigenvalue weighted by Crippen LogP contribution is -1.77. The van der Waals surface area contributed by atoms with E-state index in [4.69, 9.17) is 10.2 Å². The summed E-state index contributed by atoms with van der Waals surface area (Å²) in [6, 6.07) is 10.7. The van der Waals surface area contributed by atoms with E-state index in [0.717, 1.165) is 5.56 Å². The van der Waals surface area contributed by atoms with E-state index in [2.05, 4.69) is 11.8 Å². The first-order chi connectivity index (χ1) is 8.15. The Morgan fingerprint density at radius 2 is 1.35 bits per heavy atom. The van der Waals surface area contributed by atoms with Gasteiger partial charge in [-0.15, -0.1) is 0 Å². The third kappa shape index (κ3) is 2.70. The molecule has 84 valence electrons. The van der Waals surface area contributed by atoms with Crippen molar-refractivity contribution in [3.63, 3.8) is 0 Å². The molecule has 0 heterocycles. The van der Waals surface area contributed by atoms with Gasteiger partial charge < -0.3 is 15.3 Å². The van der Waals surface area contributed by atoms with E-state index in [1.54, 1.807) is 24.3 Å². The number of aromatic hydroxyl groups is 3. The van der Waals surface area contributed by atoms with Gasteiger partial charge in [0.15, 0.2) is 0 Å². The first-order valence-corrected chi connectivity index (χ1v) is 4.98. The van der Waals surface area contributed by atoms with Crippen molar-refractivity contribution in [1.29, 1.82) is 0 Å². The molecule has 2 aromatic carbocycles. The summed E-state index contributed by atoms with van der Waals surface area (Å²) in [7, 11) is 0. The minimum Gasteiger partial charge on any atom is -0.508 e. The fourth-order valence-electron chi connectivity index (χ4n) is 1.31. The third-order valence-electron chi connectivity index (χ3n) is 2.19. The van der Waals surface area contributed by atoms with Crippen molar-refractivity contribution < 1.29 is 15.3 Å². The Hall–Kier alpha value is -2.60. The van der Waals surface area contributed by atoms with Crippen molar-refractivity contribution in [2.24, 2.45) is 0 Å². The fraction of sp³-hybridized carbons (Fsp3) is 0. The zero-order valence-electron chi connectivity index (χ0n) is 8.88. The molecule has 0 saturated heterocycles. The van der Waals surface area contributed by atoms with Crippen molar-refractivity contribution in [1.82, 2.24) is 0 Å². The van der Waals surface area contributed by atoms with Crippen LogP contribution in [0.4, 0.5) is 0 Å². The van der Waals surface area contributed by atoms with Crippen LogP contribution in [0.25, 0.3) is 0 Å². The van der Waals surface area contributed by atoms with Gasteiger partial charge in [-0.05, 0) is 36.4 Å². The van der Waals surface area contributed by atoms with Crippen molar-refractivity contribution in [2.75, 3.05) is 0 Å². The summed E-state index contributed by atoms with van der Waals surface area (Å²) < 4.78 is 0. The molecule has 0 spiro atoms. The number of hydrogen-bond donors (Lipinski definition) is 3. The van der Waals surface area contributed by atoms with Crippen LogP contribution in [0.1, 0.15) is 11.1 Å². The molecule has 3 heteroatoms. The summed E-state index contributed by atoms with van der Waals surface area (Å²) in [6.07, 6.45) is 0. The molecule has 0 aromatic heterocycles. The minimum absolute atomic E-state index is 0.00214. The van der Waals surface area contributed by atoms with Gasteiger partial charge in [-0.2, -0.15) is 0 Å². The molecule has 0 amide bonds. The molecule has 0 unspecified atom stereocenters. The van der Waals surface area contributed by atoms with Crippen LogP contribution in [0, 0.1) is 11.8 Å². The molecule has 0 saturated carbocycles. The molecule has 0 aliphatic heterocycles. The molecular formula is C14H10O3. The Bertz CT molecular complexity index is 589. The highest BCUT2D eigenvalue weighted by Crippen LogP contribution is 2.21. The van der Waals surface area contributed by atoms with Gasteiger partial charge in [-0.1, -0.05) is 11.8 Å². The van der Waals surface area contributed by atoms with Crippen molar-refractivity contribution in [3.8, 4) is 29.1 Å². The predicted molar refractivity (Wildman–Crippen MR) is 63.9 cm³/mol. The molecule has 17 heavy (non-hydrogen) atoms. The van der Waals surface area contributed by atoms with E-state index in [1.165, 1.54) is 18.2 Å². The average molecular weight is 226 g/mol. The standard InChI is InChI=1S/C14H10O3/c15-12-6-2-10(3-7-12)1-4-11-5-8-13(16)9-14(11)17/h2-3,5-9,15-17H. The molecule has 0 aliphatic carbocycles. The Labute approximate surface area is 98.6 Å². The molecule has 2 rings (SSSR count). The fourth-order valence-corrected chi connectivity index (χ4v) is 1.31. The molecule has 3 N–H and O–H groups in total. The Balaban J connectivity index is 2.29. The van der Waals surface area contributed by atoms with Gasteiger partial charge >= 0.3 is 0 Å². The zero-order valence-corrected chi connectivity index (χ0v) is 8.88. The molecule has 0 fully saturated rings. The van der Waals surface area contributed by atoms with Gasteiger partial charge in [-0.3, -0.25) is 0 Å². The summed E-state index contributed by atoms with van der Waals surface area (Å²) in [6.45, 7) is 0. The Morgan fingerprint density at radius 1 is 0.706 bits per heavy atom. The number of phenols is 3. The lowest BCUT2D eigenvalue weighted by Gasteiger charge is -1.97. The van der Waals surface area contributed by atoms with Gasteiger partial charge in [0.1, 0.15) is 17.2 Å². The highest BCUT2D eigenvalue weighted by Gasteiger charge is 1.98. The van der Waals surface area contributed by atoms with Crippen molar-refractivity contribution in [3.05, 3.63) is 53.6 Å². The van der Waals surface area contributed by atoms with Crippen LogP contribution in [-0.2, 0) is 0 Å². The van der Waals surface area contributed by atoms with Gasteiger partial charge in [0.25, 0.3) is 0 Å². The van der Waals surface area contributed by atoms with Gasteiger partial charge in [-0.25, -0.2) is 0 Å². The lowest BCUT2D eigenvalue weighted by atomic mass is 10.1. The highest BCUT2D eigenvalue weighted by molar-refractivity contribution is 5.51. The van der Waals surface area contributed by atoms with Gasteiger partial charge in [0, 0.05) is 11.6 Å². The first-order valence-electron chi connectivity index (χ1n) is 4.98. The van der Waals surface area contributed by atoms with Gasteiger partial charge in [0.05, 0.1) is 5.56 Å². The van der Waals surface area contributed by atoms with Crippen LogP contribution in [-0.4, -0.2) is 15.3 Å². The predicted octanol–water partition coefficient (Wildman–Crippen LogP) is 2.20. The third-order valence-corrected chi connectivity index (χ3v) is 2.19. The van der Waals surface area contributed by atoms with Crippen LogP contribution >= 0.6 is 0 Å². The molecule has 0 radical (unpaired) electrons. The topological polar surface area (TPSA) is 60.7 Å². The van der Waals surface area contributed by atoms with Crippen LogP contribution in [0.3, 0.4) is 0 Å². The number of rotatable bonds is 0. The van der Waals surface area contributed by atoms with E-state index in [1.807, 2.05) is 0 Å². The van der Waals surface area contributed by atoms with Crippen LogP contribution < -0.4 is 0 Å². The molecule has 2 aromatic rings. The van der Waals surface area contributed by atoms with E-state index >= 15 is 0 Å². The van der Waals surface area contributed by atoms with Gasteiger partial charge in [0.2, 0.25) is 0 Å². The Kier molecular flexibility index (Phi) is 2.89. The van der Waals surface area contributed by atoms with E-state index in [9.17, 15) is 5.11 Å². The second kappa shape index (κ2) is 4.50. The number of benzene rings is 2. The highest BCUT2D eigenvalue weighted by atomic mass is 16.3. The summed E-state index contributed by atoms with van der Waals surface area (Å²) in [5.41, 5.74) is 1.17. The second-order valence-electron chi connectivity index (χ2n) is 3.50. The lowest BCUT2D eigenvalue weighted by molar-refractivity contribution is 0.449. The normalized spacial score (nSPS) is 9.41. The van der Waals surface area contributed by atoms with Crippen LogP contribution in [0.2, 0.25) is 0 Å². The molecule has 3 nitrogen and oxygen atoms in total. The van der Waals surface area contributed by atoms with E-state index < -0.39 is 0 Å². The summed E-state index contributed by atoms with van der Waals surface area (Å²) in [5, 5.41) is 27.7. The summed E-state index contributed by atoms with van der Waals surface area (Å²) in [5.74, 6) is 5.75. The van der Waals surface area contributed by atoms with Crippen molar-refractivity contribution in [2.45, 2.75) is 0 Å². The maximum atomic E-state index is 9.51. The molecule has 0 aliphatic rings.